The first-order chi connectivity index (χ1) is 10.1. The maximum atomic E-state index is 11.9. The van der Waals surface area contributed by atoms with E-state index in [1.54, 1.807) is 13.1 Å². The van der Waals surface area contributed by atoms with Gasteiger partial charge in [0.1, 0.15) is 6.04 Å². The Morgan fingerprint density at radius 3 is 2.48 bits per heavy atom. The van der Waals surface area contributed by atoms with Gasteiger partial charge in [-0.3, -0.25) is 4.79 Å². The molecule has 21 heavy (non-hydrogen) atoms. The summed E-state index contributed by atoms with van der Waals surface area (Å²) in [4.78, 5) is 11.9. The summed E-state index contributed by atoms with van der Waals surface area (Å²) in [5.41, 5.74) is 4.34. The summed E-state index contributed by atoms with van der Waals surface area (Å²) < 4.78 is 1.00. The summed E-state index contributed by atoms with van der Waals surface area (Å²) >= 11 is 3.36. The van der Waals surface area contributed by atoms with E-state index >= 15 is 0 Å². The van der Waals surface area contributed by atoms with E-state index in [1.165, 1.54) is 0 Å². The molecule has 2 aromatic rings. The van der Waals surface area contributed by atoms with Gasteiger partial charge in [0.25, 0.3) is 5.91 Å². The zero-order valence-electron chi connectivity index (χ0n) is 11.6. The highest BCUT2D eigenvalue weighted by molar-refractivity contribution is 9.10. The van der Waals surface area contributed by atoms with Gasteiger partial charge in [0.15, 0.2) is 0 Å². The van der Waals surface area contributed by atoms with Crippen LogP contribution in [0.4, 0.5) is 5.69 Å². The minimum atomic E-state index is -0.366. The highest BCUT2D eigenvalue weighted by Crippen LogP contribution is 2.09. The summed E-state index contributed by atoms with van der Waals surface area (Å²) in [7, 11) is 0. The van der Waals surface area contributed by atoms with Crippen LogP contribution in [-0.4, -0.2) is 18.2 Å². The molecule has 0 aliphatic rings. The van der Waals surface area contributed by atoms with Crippen molar-refractivity contribution in [2.75, 3.05) is 5.32 Å². The normalized spacial score (nSPS) is 12.1. The van der Waals surface area contributed by atoms with E-state index in [2.05, 4.69) is 31.8 Å². The van der Waals surface area contributed by atoms with Crippen LogP contribution in [0.1, 0.15) is 12.5 Å². The molecule has 1 amide bonds. The van der Waals surface area contributed by atoms with Gasteiger partial charge in [-0.15, -0.1) is 0 Å². The van der Waals surface area contributed by atoms with E-state index in [0.717, 1.165) is 15.7 Å². The first kappa shape index (κ1) is 15.3. The second kappa shape index (κ2) is 7.59. The number of hydrogen-bond acceptors (Lipinski definition) is 3. The number of hydrazone groups is 1. The molecule has 5 heteroatoms. The molecule has 0 aliphatic heterocycles. The fourth-order valence-corrected chi connectivity index (χ4v) is 1.93. The number of para-hydroxylation sites is 1. The third-order valence-electron chi connectivity index (χ3n) is 2.81. The van der Waals surface area contributed by atoms with Crippen LogP contribution in [0.3, 0.4) is 0 Å². The van der Waals surface area contributed by atoms with Crippen LogP contribution in [0.15, 0.2) is 64.2 Å². The van der Waals surface area contributed by atoms with Crippen molar-refractivity contribution < 1.29 is 4.79 Å². The maximum Gasteiger partial charge on any atom is 0.262 e. The molecule has 0 saturated heterocycles. The molecule has 0 spiro atoms. The molecule has 0 saturated carbocycles. The quantitative estimate of drug-likeness (QED) is 0.644. The lowest BCUT2D eigenvalue weighted by Gasteiger charge is -2.13. The standard InChI is InChI=1S/C16H16BrN3O/c1-12(19-15-5-3-2-4-6-15)16(21)20-18-11-13-7-9-14(17)10-8-13/h2-12,19H,1H3,(H,20,21)/t12-/m1/s1. The smallest absolute Gasteiger partial charge is 0.262 e. The molecular formula is C16H16BrN3O. The van der Waals surface area contributed by atoms with Crippen LogP contribution in [0, 0.1) is 0 Å². The van der Waals surface area contributed by atoms with Gasteiger partial charge in [-0.2, -0.15) is 5.10 Å². The summed E-state index contributed by atoms with van der Waals surface area (Å²) in [6.07, 6.45) is 1.61. The van der Waals surface area contributed by atoms with Crippen molar-refractivity contribution in [1.29, 1.82) is 0 Å². The van der Waals surface area contributed by atoms with Crippen LogP contribution in [0.2, 0.25) is 0 Å². The number of amides is 1. The Morgan fingerprint density at radius 1 is 1.14 bits per heavy atom. The highest BCUT2D eigenvalue weighted by Gasteiger charge is 2.10. The van der Waals surface area contributed by atoms with Crippen molar-refractivity contribution in [3.63, 3.8) is 0 Å². The van der Waals surface area contributed by atoms with E-state index in [4.69, 9.17) is 0 Å². The van der Waals surface area contributed by atoms with Gasteiger partial charge in [-0.05, 0) is 36.8 Å². The maximum absolute atomic E-state index is 11.9. The lowest BCUT2D eigenvalue weighted by Crippen LogP contribution is -2.34. The van der Waals surface area contributed by atoms with Crippen molar-refractivity contribution in [3.05, 3.63) is 64.6 Å². The summed E-state index contributed by atoms with van der Waals surface area (Å²) in [5.74, 6) is -0.188. The van der Waals surface area contributed by atoms with Crippen LogP contribution < -0.4 is 10.7 Å². The SMILES string of the molecule is C[C@@H](Nc1ccccc1)C(=O)NN=Cc1ccc(Br)cc1. The first-order valence-corrected chi connectivity index (χ1v) is 7.34. The molecular weight excluding hydrogens is 330 g/mol. The third-order valence-corrected chi connectivity index (χ3v) is 3.34. The molecule has 2 N–H and O–H groups in total. The molecule has 0 radical (unpaired) electrons. The molecule has 4 nitrogen and oxygen atoms in total. The lowest BCUT2D eigenvalue weighted by molar-refractivity contribution is -0.121. The Bertz CT molecular complexity index is 611. The number of rotatable bonds is 5. The van der Waals surface area contributed by atoms with Crippen LogP contribution in [0.5, 0.6) is 0 Å². The van der Waals surface area contributed by atoms with Crippen molar-refractivity contribution in [2.24, 2.45) is 5.10 Å². The van der Waals surface area contributed by atoms with Crippen molar-refractivity contribution in [2.45, 2.75) is 13.0 Å². The number of halogens is 1. The van der Waals surface area contributed by atoms with E-state index < -0.39 is 0 Å². The molecule has 0 heterocycles. The lowest BCUT2D eigenvalue weighted by atomic mass is 10.2. The zero-order chi connectivity index (χ0) is 15.1. The van der Waals surface area contributed by atoms with E-state index in [1.807, 2.05) is 54.6 Å². The minimum Gasteiger partial charge on any atom is -0.374 e. The highest BCUT2D eigenvalue weighted by atomic mass is 79.9. The second-order valence-corrected chi connectivity index (χ2v) is 5.43. The van der Waals surface area contributed by atoms with Gasteiger partial charge in [0.2, 0.25) is 0 Å². The zero-order valence-corrected chi connectivity index (χ0v) is 13.2. The number of benzene rings is 2. The summed E-state index contributed by atoms with van der Waals surface area (Å²) in [5, 5.41) is 7.06. The van der Waals surface area contributed by atoms with Crippen LogP contribution in [0.25, 0.3) is 0 Å². The molecule has 0 aliphatic carbocycles. The number of anilines is 1. The van der Waals surface area contributed by atoms with Crippen molar-refractivity contribution in [1.82, 2.24) is 5.43 Å². The minimum absolute atomic E-state index is 0.188. The number of nitrogens with zero attached hydrogens (tertiary/aromatic N) is 1. The Hall–Kier alpha value is -2.14. The Balaban J connectivity index is 1.85. The Labute approximate surface area is 132 Å². The summed E-state index contributed by atoms with van der Waals surface area (Å²) in [6, 6.07) is 16.9. The predicted molar refractivity (Wildman–Crippen MR) is 89.4 cm³/mol. The van der Waals surface area contributed by atoms with Gasteiger partial charge in [0.05, 0.1) is 6.21 Å². The largest absolute Gasteiger partial charge is 0.374 e. The number of hydrogen-bond donors (Lipinski definition) is 2. The molecule has 0 fully saturated rings. The number of carbonyl (C=O) groups is 1. The molecule has 108 valence electrons. The second-order valence-electron chi connectivity index (χ2n) is 4.52. The average Bonchev–Trinajstić information content (AvgIpc) is 2.50. The fourth-order valence-electron chi connectivity index (χ4n) is 1.67. The molecule has 1 atom stereocenters. The third kappa shape index (κ3) is 5.04. The summed E-state index contributed by atoms with van der Waals surface area (Å²) in [6.45, 7) is 1.79. The Morgan fingerprint density at radius 2 is 1.81 bits per heavy atom. The topological polar surface area (TPSA) is 53.5 Å². The Kier molecular flexibility index (Phi) is 5.51. The van der Waals surface area contributed by atoms with Gasteiger partial charge in [-0.1, -0.05) is 46.3 Å². The van der Waals surface area contributed by atoms with Crippen molar-refractivity contribution in [3.8, 4) is 0 Å². The average molecular weight is 346 g/mol. The van der Waals surface area contributed by atoms with Gasteiger partial charge >= 0.3 is 0 Å². The molecule has 0 unspecified atom stereocenters. The van der Waals surface area contributed by atoms with Gasteiger partial charge < -0.3 is 5.32 Å². The molecule has 0 bridgehead atoms. The number of carbonyl (C=O) groups excluding carboxylic acids is 1. The van der Waals surface area contributed by atoms with Crippen LogP contribution in [-0.2, 0) is 4.79 Å². The molecule has 0 aromatic heterocycles. The van der Waals surface area contributed by atoms with E-state index in [0.29, 0.717) is 0 Å². The van der Waals surface area contributed by atoms with Crippen molar-refractivity contribution >= 4 is 33.7 Å². The first-order valence-electron chi connectivity index (χ1n) is 6.55. The molecule has 2 rings (SSSR count). The number of nitrogens with one attached hydrogen (secondary N) is 2. The van der Waals surface area contributed by atoms with Crippen LogP contribution >= 0.6 is 15.9 Å². The van der Waals surface area contributed by atoms with E-state index in [-0.39, 0.29) is 11.9 Å². The van der Waals surface area contributed by atoms with Gasteiger partial charge in [0, 0.05) is 10.2 Å². The van der Waals surface area contributed by atoms with Gasteiger partial charge in [-0.25, -0.2) is 5.43 Å². The fraction of sp³-hybridized carbons (Fsp3) is 0.125. The monoisotopic (exact) mass is 345 g/mol. The predicted octanol–water partition coefficient (Wildman–Crippen LogP) is 3.40. The molecule has 2 aromatic carbocycles. The van der Waals surface area contributed by atoms with E-state index in [9.17, 15) is 4.79 Å².